The summed E-state index contributed by atoms with van der Waals surface area (Å²) < 4.78 is 14.1. The van der Waals surface area contributed by atoms with E-state index >= 15 is 0 Å². The Morgan fingerprint density at radius 1 is 0.220 bits per heavy atom. The first-order valence-electron chi connectivity index (χ1n) is 50.7. The summed E-state index contributed by atoms with van der Waals surface area (Å²) in [5, 5.41) is 4.80. The summed E-state index contributed by atoms with van der Waals surface area (Å²) in [6, 6.07) is 116. The maximum atomic E-state index is 7.47. The molecule has 0 N–H and O–H groups in total. The molecule has 0 saturated heterocycles. The van der Waals surface area contributed by atoms with E-state index in [9.17, 15) is 0 Å². The van der Waals surface area contributed by atoms with Crippen LogP contribution >= 0.6 is 0 Å². The number of hydrogen-bond donors (Lipinski definition) is 0. The van der Waals surface area contributed by atoms with Gasteiger partial charge in [-0.2, -0.15) is 0 Å². The normalized spacial score (nSPS) is 14.9. The minimum atomic E-state index is -0.366. The monoisotopic (exact) mass is 1720 g/mol. The molecule has 5 aliphatic rings. The third-order valence-corrected chi connectivity index (χ3v) is 32.5. The average Bonchev–Trinajstić information content (AvgIpc) is 1.52. The Labute approximate surface area is 783 Å². The molecule has 132 heavy (non-hydrogen) atoms. The lowest BCUT2D eigenvalue weighted by atomic mass is 9.70. The van der Waals surface area contributed by atoms with Crippen molar-refractivity contribution in [1.82, 2.24) is 0 Å². The zero-order valence-electron chi connectivity index (χ0n) is 79.5. The number of para-hydroxylation sites is 3. The number of furan rings is 2. The Morgan fingerprint density at radius 3 is 1.17 bits per heavy atom. The van der Waals surface area contributed by atoms with Crippen LogP contribution in [0.25, 0.3) is 155 Å². The van der Waals surface area contributed by atoms with Crippen molar-refractivity contribution < 1.29 is 8.83 Å². The third-order valence-electron chi connectivity index (χ3n) is 32.5. The van der Waals surface area contributed by atoms with Gasteiger partial charge in [-0.25, -0.2) is 0 Å². The van der Waals surface area contributed by atoms with Crippen molar-refractivity contribution in [3.8, 4) is 111 Å². The van der Waals surface area contributed by atoms with E-state index in [1.807, 2.05) is 0 Å². The van der Waals surface area contributed by atoms with E-state index < -0.39 is 0 Å². The first-order valence-corrected chi connectivity index (χ1v) is 50.7. The topological polar surface area (TPSA) is 29.5 Å². The van der Waals surface area contributed by atoms with Crippen LogP contribution in [0.2, 0.25) is 0 Å². The molecule has 0 radical (unpaired) electrons. The summed E-state index contributed by atoms with van der Waals surface area (Å²) in [6.45, 7) is 24.2. The summed E-state index contributed by atoms with van der Waals surface area (Å²) >= 11 is 0. The highest BCUT2D eigenvalue weighted by molar-refractivity contribution is 6.20. The van der Waals surface area contributed by atoms with E-state index in [1.54, 1.807) is 11.1 Å². The Bertz CT molecular complexity index is 7210. The van der Waals surface area contributed by atoms with Gasteiger partial charge in [0.25, 0.3) is 0 Å². The van der Waals surface area contributed by atoms with Crippen molar-refractivity contribution in [1.29, 1.82) is 0 Å². The van der Waals surface area contributed by atoms with Gasteiger partial charge in [-0.15, -0.1) is 0 Å². The molecule has 0 fully saturated rings. The van der Waals surface area contributed by atoms with Gasteiger partial charge in [0.1, 0.15) is 22.3 Å². The van der Waals surface area contributed by atoms with Gasteiger partial charge in [0.2, 0.25) is 0 Å². The van der Waals surface area contributed by atoms with Crippen LogP contribution in [0.15, 0.2) is 306 Å². The fourth-order valence-electron chi connectivity index (χ4n) is 25.5. The summed E-state index contributed by atoms with van der Waals surface area (Å²) in [5.41, 5.74) is 46.1. The molecule has 5 aliphatic carbocycles. The van der Waals surface area contributed by atoms with Crippen molar-refractivity contribution in [3.05, 3.63) is 353 Å². The lowest BCUT2D eigenvalue weighted by molar-refractivity contribution is 0.399. The first-order chi connectivity index (χ1) is 64.6. The molecule has 660 valence electrons. The van der Waals surface area contributed by atoms with Gasteiger partial charge in [0.15, 0.2) is 0 Å². The van der Waals surface area contributed by atoms with Gasteiger partial charge in [-0.1, -0.05) is 416 Å². The Balaban J connectivity index is 0.664. The average molecular weight is 1720 g/mol. The van der Waals surface area contributed by atoms with Crippen LogP contribution in [0, 0.1) is 0 Å². The molecular weight excluding hydrogens is 1600 g/mol. The molecule has 0 bridgehead atoms. The molecule has 15 aromatic carbocycles. The SMILES string of the molecule is CCCCCCCC1(CCCCCCC)c2ccccc2-c2ccc(-c3ccc4c(c3)C(C)(C)c3cc(-c5ccc(-c6cc7c(c8c6oc6ccccc68)-c6ccc(N(c8ccc9c(c8)C(C)(C)c8cc%10c(cc8-9)C(C)(C)c8ccc9oc%11ccccc%11c9c8-%10)c8c(-c9ccccc9)cccc8-c8ccccc8)cc6C7(CCCCCCC)CCCCCCC)cc5)ccc3-4)cc21. The third kappa shape index (κ3) is 14.0. The highest BCUT2D eigenvalue weighted by atomic mass is 16.3. The zero-order valence-corrected chi connectivity index (χ0v) is 79.5. The number of benzene rings is 15. The minimum Gasteiger partial charge on any atom is -0.456 e. The lowest BCUT2D eigenvalue weighted by Gasteiger charge is -2.35. The van der Waals surface area contributed by atoms with Crippen LogP contribution in [-0.2, 0) is 27.1 Å². The molecule has 3 heteroatoms. The molecule has 0 atom stereocenters. The lowest BCUT2D eigenvalue weighted by Crippen LogP contribution is -2.26. The molecule has 0 spiro atoms. The standard InChI is InChI=1S/C129H127NO2/c1-11-15-19-23-39-72-128(73-40-24-20-16-12-2)106-53-36-33-48-95(106)98-67-62-90(78-113(98)128)89-61-66-97-96-65-60-88(76-108(96)126(7,8)109(97)77-89)84-56-58-87(59-57-84)103-81-115-119(122-102-50-35-38-55-117(102)132-124(103)122)100-69-64-92(80-114(100)129(115,74-41-25-21-17-13-3)75-42-26-22-18-14-4)130(123-93(85-44-29-27-30-45-85)51-43-52-94(123)86-46-31-28-32-47-86)91-63-68-99-104-82-112-105(83-111(104)127(9,10)110(99)79-91)120-107(125(112,5)6)70-71-118-121(120)101-49-34-37-54-116(101)131-118/h27-38,43-71,76-83H,11-26,39-42,72-75H2,1-10H3. The molecule has 0 unspecified atom stereocenters. The van der Waals surface area contributed by atoms with E-state index in [-0.39, 0.29) is 27.1 Å². The van der Waals surface area contributed by atoms with Gasteiger partial charge in [-0.05, 0) is 255 Å². The summed E-state index contributed by atoms with van der Waals surface area (Å²) in [5.74, 6) is 0. The molecular formula is C129H127NO2. The summed E-state index contributed by atoms with van der Waals surface area (Å²) in [6.07, 6.45) is 29.6. The smallest absolute Gasteiger partial charge is 0.143 e. The molecule has 2 heterocycles. The predicted molar refractivity (Wildman–Crippen MR) is 561 cm³/mol. The fraction of sp³-hybridized carbons (Fsp3) is 0.302. The number of unbranched alkanes of at least 4 members (excludes halogenated alkanes) is 16. The van der Waals surface area contributed by atoms with Crippen molar-refractivity contribution >= 4 is 60.9 Å². The van der Waals surface area contributed by atoms with Crippen LogP contribution in [-0.4, -0.2) is 0 Å². The number of fused-ring (bicyclic) bond motifs is 23. The Morgan fingerprint density at radius 2 is 0.591 bits per heavy atom. The van der Waals surface area contributed by atoms with E-state index in [1.165, 1.54) is 311 Å². The molecule has 0 amide bonds. The van der Waals surface area contributed by atoms with Gasteiger partial charge >= 0.3 is 0 Å². The van der Waals surface area contributed by atoms with Crippen molar-refractivity contribution in [2.45, 2.75) is 250 Å². The summed E-state index contributed by atoms with van der Waals surface area (Å²) in [7, 11) is 0. The van der Waals surface area contributed by atoms with Gasteiger partial charge < -0.3 is 13.7 Å². The Hall–Kier alpha value is -12.3. The van der Waals surface area contributed by atoms with E-state index in [0.29, 0.717) is 0 Å². The highest BCUT2D eigenvalue weighted by Gasteiger charge is 2.49. The van der Waals surface area contributed by atoms with Gasteiger partial charge in [0, 0.05) is 76.7 Å². The van der Waals surface area contributed by atoms with Gasteiger partial charge in [-0.3, -0.25) is 0 Å². The van der Waals surface area contributed by atoms with Crippen molar-refractivity contribution in [2.75, 3.05) is 4.90 Å². The zero-order chi connectivity index (χ0) is 89.8. The first kappa shape index (κ1) is 85.2. The van der Waals surface area contributed by atoms with Gasteiger partial charge in [0.05, 0.1) is 5.69 Å². The molecule has 3 nitrogen and oxygen atoms in total. The second-order valence-corrected chi connectivity index (χ2v) is 41.4. The highest BCUT2D eigenvalue weighted by Crippen LogP contribution is 2.65. The van der Waals surface area contributed by atoms with E-state index in [0.717, 1.165) is 59.4 Å². The van der Waals surface area contributed by atoms with Crippen molar-refractivity contribution in [2.24, 2.45) is 0 Å². The van der Waals surface area contributed by atoms with Crippen LogP contribution in [0.1, 0.15) is 279 Å². The fourth-order valence-corrected chi connectivity index (χ4v) is 25.5. The van der Waals surface area contributed by atoms with Crippen LogP contribution in [0.3, 0.4) is 0 Å². The van der Waals surface area contributed by atoms with Crippen molar-refractivity contribution in [3.63, 3.8) is 0 Å². The number of nitrogens with zero attached hydrogens (tertiary/aromatic N) is 1. The number of anilines is 3. The second kappa shape index (κ2) is 34.4. The number of rotatable bonds is 32. The van der Waals surface area contributed by atoms with E-state index in [4.69, 9.17) is 8.83 Å². The maximum Gasteiger partial charge on any atom is 0.143 e. The molecule has 0 saturated carbocycles. The van der Waals surface area contributed by atoms with Crippen LogP contribution in [0.4, 0.5) is 17.1 Å². The van der Waals surface area contributed by atoms with Crippen LogP contribution < -0.4 is 4.90 Å². The maximum absolute atomic E-state index is 7.47. The molecule has 17 aromatic rings. The minimum absolute atomic E-state index is 0.0327. The molecule has 22 rings (SSSR count). The molecule has 0 aliphatic heterocycles. The molecule has 2 aromatic heterocycles. The quantitative estimate of drug-likeness (QED) is 0.0394. The van der Waals surface area contributed by atoms with E-state index in [2.05, 4.69) is 371 Å². The largest absolute Gasteiger partial charge is 0.456 e. The Kier molecular flexibility index (Phi) is 22.2. The number of hydrogen-bond acceptors (Lipinski definition) is 3. The predicted octanol–water partition coefficient (Wildman–Crippen LogP) is 38.2. The second-order valence-electron chi connectivity index (χ2n) is 41.4. The van der Waals surface area contributed by atoms with Crippen LogP contribution in [0.5, 0.6) is 0 Å². The summed E-state index contributed by atoms with van der Waals surface area (Å²) in [4.78, 5) is 2.69.